The molecule has 0 amide bonds. The molecule has 0 spiro atoms. The summed E-state index contributed by atoms with van der Waals surface area (Å²) < 4.78 is 57.5. The van der Waals surface area contributed by atoms with Gasteiger partial charge < -0.3 is 15.4 Å². The fourth-order valence-corrected chi connectivity index (χ4v) is 3.71. The minimum Gasteiger partial charge on any atom is -0.482 e. The quantitative estimate of drug-likeness (QED) is 0.240. The average molecular weight is 539 g/mol. The van der Waals surface area contributed by atoms with Gasteiger partial charge in [0.15, 0.2) is 18.3 Å². The van der Waals surface area contributed by atoms with Gasteiger partial charge in [-0.1, -0.05) is 6.07 Å². The first-order chi connectivity index (χ1) is 18.6. The summed E-state index contributed by atoms with van der Waals surface area (Å²) in [4.78, 5) is 14.5. The van der Waals surface area contributed by atoms with Crippen molar-refractivity contribution >= 4 is 23.4 Å². The number of nitrogens with zero attached hydrogens (tertiary/aromatic N) is 7. The molecule has 0 saturated carbocycles. The summed E-state index contributed by atoms with van der Waals surface area (Å²) in [6.07, 6.45) is 3.07. The summed E-state index contributed by atoms with van der Waals surface area (Å²) in [6.45, 7) is 0.483. The molecule has 0 fully saturated rings. The second-order valence-electron chi connectivity index (χ2n) is 8.41. The third-order valence-corrected chi connectivity index (χ3v) is 5.84. The molecule has 0 bridgehead atoms. The van der Waals surface area contributed by atoms with Gasteiger partial charge in [0.05, 0.1) is 35.7 Å². The zero-order valence-corrected chi connectivity index (χ0v) is 20.8. The van der Waals surface area contributed by atoms with Gasteiger partial charge >= 0.3 is 6.18 Å². The maximum atomic E-state index is 13.1. The molecule has 1 unspecified atom stereocenters. The van der Waals surface area contributed by atoms with E-state index in [0.29, 0.717) is 28.3 Å². The molecule has 0 aliphatic rings. The number of nitriles is 1. The lowest BCUT2D eigenvalue weighted by atomic mass is 10.0. The SMILES string of the molecule is CC(c1ccc(N=CC(F)=CN)nc1)N(C)c1ccc(-c2cc(OCC(F)(F)F)cn3ncc(C#N)c23)cn1. The van der Waals surface area contributed by atoms with Gasteiger partial charge in [0.1, 0.15) is 17.6 Å². The fraction of sp³-hybridized carbons (Fsp3) is 0.192. The van der Waals surface area contributed by atoms with Gasteiger partial charge in [-0.05, 0) is 36.8 Å². The van der Waals surface area contributed by atoms with Gasteiger partial charge in [-0.15, -0.1) is 0 Å². The molecule has 4 aromatic heterocycles. The Morgan fingerprint density at radius 3 is 2.64 bits per heavy atom. The third-order valence-electron chi connectivity index (χ3n) is 5.84. The minimum atomic E-state index is -4.51. The van der Waals surface area contributed by atoms with Crippen LogP contribution in [-0.4, -0.2) is 45.6 Å². The Labute approximate surface area is 220 Å². The Morgan fingerprint density at radius 1 is 1.23 bits per heavy atom. The molecule has 2 N–H and O–H groups in total. The van der Waals surface area contributed by atoms with Crippen molar-refractivity contribution in [2.75, 3.05) is 18.6 Å². The van der Waals surface area contributed by atoms with Crippen LogP contribution in [0.3, 0.4) is 0 Å². The lowest BCUT2D eigenvalue weighted by Gasteiger charge is -2.26. The van der Waals surface area contributed by atoms with Gasteiger partial charge in [-0.3, -0.25) is 0 Å². The van der Waals surface area contributed by atoms with Gasteiger partial charge in [0.2, 0.25) is 0 Å². The highest BCUT2D eigenvalue weighted by atomic mass is 19.4. The molecule has 4 heterocycles. The fourth-order valence-electron chi connectivity index (χ4n) is 3.71. The average Bonchev–Trinajstić information content (AvgIpc) is 3.36. The second kappa shape index (κ2) is 11.2. The number of anilines is 1. The zero-order chi connectivity index (χ0) is 28.2. The summed E-state index contributed by atoms with van der Waals surface area (Å²) in [7, 11) is 1.84. The number of aliphatic imine (C=N–C) groups is 1. The highest BCUT2D eigenvalue weighted by Crippen LogP contribution is 2.33. The monoisotopic (exact) mass is 538 g/mol. The smallest absolute Gasteiger partial charge is 0.422 e. The number of hydrogen-bond donors (Lipinski definition) is 1. The molecule has 4 rings (SSSR count). The predicted molar refractivity (Wildman–Crippen MR) is 137 cm³/mol. The summed E-state index contributed by atoms with van der Waals surface area (Å²) in [6, 6.07) is 10.3. The van der Waals surface area contributed by atoms with E-state index in [1.54, 1.807) is 30.6 Å². The van der Waals surface area contributed by atoms with Crippen LogP contribution in [0.15, 0.2) is 72.1 Å². The molecule has 4 aromatic rings. The van der Waals surface area contributed by atoms with E-state index >= 15 is 0 Å². The van der Waals surface area contributed by atoms with Crippen molar-refractivity contribution in [3.05, 3.63) is 78.3 Å². The summed E-state index contributed by atoms with van der Waals surface area (Å²) in [5.41, 5.74) is 7.61. The summed E-state index contributed by atoms with van der Waals surface area (Å²) >= 11 is 0. The van der Waals surface area contributed by atoms with Crippen LogP contribution in [0.4, 0.5) is 29.2 Å². The predicted octanol–water partition coefficient (Wildman–Crippen LogP) is 5.27. The Morgan fingerprint density at radius 2 is 2.03 bits per heavy atom. The molecular formula is C26H22F4N8O. The van der Waals surface area contributed by atoms with Crippen molar-refractivity contribution in [1.29, 1.82) is 5.26 Å². The van der Waals surface area contributed by atoms with E-state index in [1.165, 1.54) is 23.0 Å². The molecule has 0 aromatic carbocycles. The number of allylic oxidation sites excluding steroid dienone is 1. The van der Waals surface area contributed by atoms with Gasteiger partial charge in [0.25, 0.3) is 0 Å². The molecule has 0 radical (unpaired) electrons. The van der Waals surface area contributed by atoms with Crippen molar-refractivity contribution in [1.82, 2.24) is 19.6 Å². The van der Waals surface area contributed by atoms with Gasteiger partial charge in [-0.25, -0.2) is 23.9 Å². The molecule has 9 nitrogen and oxygen atoms in total. The van der Waals surface area contributed by atoms with Crippen LogP contribution in [0.1, 0.15) is 24.1 Å². The van der Waals surface area contributed by atoms with Crippen LogP contribution >= 0.6 is 0 Å². The lowest BCUT2D eigenvalue weighted by molar-refractivity contribution is -0.153. The van der Waals surface area contributed by atoms with E-state index in [4.69, 9.17) is 10.5 Å². The van der Waals surface area contributed by atoms with Crippen molar-refractivity contribution in [3.63, 3.8) is 0 Å². The van der Waals surface area contributed by atoms with Crippen molar-refractivity contribution in [3.8, 4) is 22.9 Å². The van der Waals surface area contributed by atoms with Gasteiger partial charge in [-0.2, -0.15) is 23.5 Å². The normalized spacial score (nSPS) is 13.0. The first-order valence-corrected chi connectivity index (χ1v) is 11.5. The third kappa shape index (κ3) is 6.30. The Hall–Kier alpha value is -4.99. The standard InChI is InChI=1S/C26H22F4N8O/c1-16(17-3-5-23(33-10-17)34-13-20(27)9-32)37(2)24-6-4-18(11-35-24)22-7-21(39-15-26(28,29)30)14-38-25(22)19(8-31)12-36-38/h3-7,9-14,16H,15,32H2,1-2H3. The minimum absolute atomic E-state index is 0.0562. The number of alkyl halides is 3. The number of nitrogens with two attached hydrogens (primary N) is 1. The zero-order valence-electron chi connectivity index (χ0n) is 20.8. The van der Waals surface area contributed by atoms with E-state index in [1.807, 2.05) is 31.0 Å². The number of fused-ring (bicyclic) bond motifs is 1. The first-order valence-electron chi connectivity index (χ1n) is 11.5. The van der Waals surface area contributed by atoms with E-state index in [2.05, 4.69) is 20.1 Å². The highest BCUT2D eigenvalue weighted by Gasteiger charge is 2.29. The first kappa shape index (κ1) is 27.1. The number of halogens is 4. The van der Waals surface area contributed by atoms with Crippen LogP contribution in [0.2, 0.25) is 0 Å². The molecular weight excluding hydrogens is 516 g/mol. The molecule has 200 valence electrons. The van der Waals surface area contributed by atoms with Crippen LogP contribution in [0.25, 0.3) is 16.6 Å². The Balaban J connectivity index is 1.59. The van der Waals surface area contributed by atoms with Crippen LogP contribution < -0.4 is 15.4 Å². The largest absolute Gasteiger partial charge is 0.482 e. The molecule has 0 saturated heterocycles. The van der Waals surface area contributed by atoms with Crippen molar-refractivity contribution < 1.29 is 22.3 Å². The maximum absolute atomic E-state index is 13.1. The molecule has 1 atom stereocenters. The molecule has 13 heteroatoms. The summed E-state index contributed by atoms with van der Waals surface area (Å²) in [5.74, 6) is 0.191. The van der Waals surface area contributed by atoms with Gasteiger partial charge in [0, 0.05) is 36.8 Å². The van der Waals surface area contributed by atoms with Crippen LogP contribution in [-0.2, 0) is 0 Å². The number of pyridine rings is 3. The van der Waals surface area contributed by atoms with E-state index < -0.39 is 18.6 Å². The lowest BCUT2D eigenvalue weighted by Crippen LogP contribution is -2.22. The van der Waals surface area contributed by atoms with E-state index in [9.17, 15) is 22.8 Å². The Bertz CT molecular complexity index is 1550. The molecule has 0 aliphatic carbocycles. The second-order valence-corrected chi connectivity index (χ2v) is 8.41. The maximum Gasteiger partial charge on any atom is 0.422 e. The highest BCUT2D eigenvalue weighted by molar-refractivity contribution is 5.85. The molecule has 39 heavy (non-hydrogen) atoms. The van der Waals surface area contributed by atoms with Crippen molar-refractivity contribution in [2.24, 2.45) is 10.7 Å². The number of rotatable bonds is 8. The van der Waals surface area contributed by atoms with E-state index in [0.717, 1.165) is 18.0 Å². The van der Waals surface area contributed by atoms with Crippen LogP contribution in [0, 0.1) is 11.3 Å². The van der Waals surface area contributed by atoms with E-state index in [-0.39, 0.29) is 17.4 Å². The Kier molecular flexibility index (Phi) is 7.75. The van der Waals surface area contributed by atoms with Crippen molar-refractivity contribution in [2.45, 2.75) is 19.1 Å². The van der Waals surface area contributed by atoms with Crippen LogP contribution in [0.5, 0.6) is 5.75 Å². The molecule has 0 aliphatic heterocycles. The number of aromatic nitrogens is 4. The number of ether oxygens (including phenoxy) is 1. The number of hydrogen-bond acceptors (Lipinski definition) is 8. The summed E-state index contributed by atoms with van der Waals surface area (Å²) in [5, 5.41) is 13.6. The topological polar surface area (TPSA) is 118 Å².